The highest BCUT2D eigenvalue weighted by Gasteiger charge is 2.32. The molecule has 104 valence electrons. The molecule has 2 heterocycles. The number of carbonyl (C=O) groups is 2. The normalized spacial score (nSPS) is 20.9. The number of carbonyl (C=O) groups excluding carboxylic acids is 2. The average molecular weight is 281 g/mol. The summed E-state index contributed by atoms with van der Waals surface area (Å²) in [6.45, 7) is 3.91. The van der Waals surface area contributed by atoms with E-state index in [4.69, 9.17) is 0 Å². The highest BCUT2D eigenvalue weighted by atomic mass is 32.1. The third-order valence-electron chi connectivity index (χ3n) is 3.31. The van der Waals surface area contributed by atoms with Crippen LogP contribution in [0.25, 0.3) is 0 Å². The number of hydrogen-bond donors (Lipinski definition) is 1. The van der Waals surface area contributed by atoms with Crippen LogP contribution in [0.1, 0.15) is 44.2 Å². The number of thiazole rings is 1. The van der Waals surface area contributed by atoms with Gasteiger partial charge in [0.1, 0.15) is 11.0 Å². The summed E-state index contributed by atoms with van der Waals surface area (Å²) in [5.74, 6) is -0.196. The summed E-state index contributed by atoms with van der Waals surface area (Å²) in [6.07, 6.45) is 4.85. The minimum atomic E-state index is -0.474. The van der Waals surface area contributed by atoms with E-state index in [0.717, 1.165) is 30.8 Å². The van der Waals surface area contributed by atoms with E-state index < -0.39 is 6.04 Å². The lowest BCUT2D eigenvalue weighted by Crippen LogP contribution is -2.49. The first-order chi connectivity index (χ1) is 9.09. The molecule has 0 saturated carbocycles. The molecule has 1 aromatic rings. The third kappa shape index (κ3) is 3.32. The zero-order valence-corrected chi connectivity index (χ0v) is 12.1. The van der Waals surface area contributed by atoms with Gasteiger partial charge in [0.05, 0.1) is 6.04 Å². The van der Waals surface area contributed by atoms with E-state index in [-0.39, 0.29) is 17.9 Å². The molecule has 2 rings (SSSR count). The maximum atomic E-state index is 12.4. The third-order valence-corrected chi connectivity index (χ3v) is 4.19. The predicted molar refractivity (Wildman–Crippen MR) is 73.7 cm³/mol. The quantitative estimate of drug-likeness (QED) is 0.917. The lowest BCUT2D eigenvalue weighted by Gasteiger charge is -2.36. The Labute approximate surface area is 117 Å². The van der Waals surface area contributed by atoms with Crippen LogP contribution in [-0.2, 0) is 9.59 Å². The van der Waals surface area contributed by atoms with Crippen LogP contribution >= 0.6 is 11.3 Å². The topological polar surface area (TPSA) is 62.3 Å². The second kappa shape index (κ2) is 6.14. The van der Waals surface area contributed by atoms with E-state index in [0.29, 0.717) is 0 Å². The van der Waals surface area contributed by atoms with Gasteiger partial charge in [-0.05, 0) is 26.2 Å². The van der Waals surface area contributed by atoms with Crippen molar-refractivity contribution < 1.29 is 9.59 Å². The van der Waals surface area contributed by atoms with Crippen LogP contribution in [0.3, 0.4) is 0 Å². The highest BCUT2D eigenvalue weighted by molar-refractivity contribution is 7.09. The Bertz CT molecular complexity index is 447. The number of nitrogens with one attached hydrogen (secondary N) is 1. The average Bonchev–Trinajstić information content (AvgIpc) is 2.91. The summed E-state index contributed by atoms with van der Waals surface area (Å²) >= 11 is 1.58. The monoisotopic (exact) mass is 281 g/mol. The Morgan fingerprint density at radius 1 is 1.53 bits per heavy atom. The summed E-state index contributed by atoms with van der Waals surface area (Å²) in [4.78, 5) is 29.7. The van der Waals surface area contributed by atoms with Gasteiger partial charge >= 0.3 is 0 Å². The van der Waals surface area contributed by atoms with Gasteiger partial charge in [-0.3, -0.25) is 9.59 Å². The number of nitrogens with zero attached hydrogens (tertiary/aromatic N) is 2. The molecule has 0 unspecified atom stereocenters. The van der Waals surface area contributed by atoms with Crippen LogP contribution in [0.4, 0.5) is 0 Å². The van der Waals surface area contributed by atoms with Crippen molar-refractivity contribution in [2.45, 2.75) is 45.2 Å². The summed E-state index contributed by atoms with van der Waals surface area (Å²) in [7, 11) is 0. The fourth-order valence-corrected chi connectivity index (χ4v) is 3.25. The summed E-state index contributed by atoms with van der Waals surface area (Å²) in [6, 6.07) is -0.407. The molecule has 1 fully saturated rings. The Morgan fingerprint density at radius 3 is 2.95 bits per heavy atom. The molecule has 1 N–H and O–H groups in total. The molecule has 5 nitrogen and oxygen atoms in total. The summed E-state index contributed by atoms with van der Waals surface area (Å²) in [5.41, 5.74) is 0. The molecule has 0 bridgehead atoms. The molecular formula is C13H19N3O2S. The van der Waals surface area contributed by atoms with Crippen molar-refractivity contribution in [1.82, 2.24) is 15.2 Å². The van der Waals surface area contributed by atoms with Crippen LogP contribution in [0.2, 0.25) is 0 Å². The number of amides is 2. The molecule has 19 heavy (non-hydrogen) atoms. The lowest BCUT2D eigenvalue weighted by atomic mass is 10.0. The van der Waals surface area contributed by atoms with E-state index >= 15 is 0 Å². The van der Waals surface area contributed by atoms with Crippen LogP contribution in [-0.4, -0.2) is 34.3 Å². The Kier molecular flexibility index (Phi) is 4.52. The second-order valence-electron chi connectivity index (χ2n) is 4.84. The van der Waals surface area contributed by atoms with Crippen LogP contribution < -0.4 is 5.32 Å². The van der Waals surface area contributed by atoms with Crippen LogP contribution in [0.5, 0.6) is 0 Å². The number of rotatable bonds is 3. The second-order valence-corrected chi connectivity index (χ2v) is 5.76. The van der Waals surface area contributed by atoms with Gasteiger partial charge in [-0.15, -0.1) is 11.3 Å². The number of piperidine rings is 1. The molecule has 1 aliphatic rings. The van der Waals surface area contributed by atoms with Gasteiger partial charge in [-0.2, -0.15) is 0 Å². The Morgan fingerprint density at radius 2 is 2.32 bits per heavy atom. The Hall–Kier alpha value is -1.43. The molecule has 2 atom stereocenters. The molecule has 2 amide bonds. The van der Waals surface area contributed by atoms with Crippen LogP contribution in [0.15, 0.2) is 11.6 Å². The van der Waals surface area contributed by atoms with Gasteiger partial charge in [0.2, 0.25) is 11.8 Å². The molecule has 1 saturated heterocycles. The lowest BCUT2D eigenvalue weighted by molar-refractivity contribution is -0.139. The smallest absolute Gasteiger partial charge is 0.245 e. The van der Waals surface area contributed by atoms with Gasteiger partial charge in [0.15, 0.2) is 0 Å². The number of aromatic nitrogens is 1. The molecular weight excluding hydrogens is 262 g/mol. The fraction of sp³-hybridized carbons (Fsp3) is 0.615. The Balaban J connectivity index is 2.11. The SMILES string of the molecule is CC(=O)N[C@@H](C)C(=O)N1CCCC[C@@H]1c1nccs1. The maximum Gasteiger partial charge on any atom is 0.245 e. The van der Waals surface area contributed by atoms with Crippen molar-refractivity contribution in [2.75, 3.05) is 6.54 Å². The first-order valence-electron chi connectivity index (χ1n) is 6.56. The van der Waals surface area contributed by atoms with Crippen molar-refractivity contribution in [1.29, 1.82) is 0 Å². The van der Waals surface area contributed by atoms with Crippen molar-refractivity contribution in [3.05, 3.63) is 16.6 Å². The molecule has 0 radical (unpaired) electrons. The van der Waals surface area contributed by atoms with E-state index in [1.165, 1.54) is 6.92 Å². The summed E-state index contributed by atoms with van der Waals surface area (Å²) < 4.78 is 0. The van der Waals surface area contributed by atoms with Crippen molar-refractivity contribution in [2.24, 2.45) is 0 Å². The van der Waals surface area contributed by atoms with E-state index in [1.54, 1.807) is 24.5 Å². The van der Waals surface area contributed by atoms with E-state index in [2.05, 4.69) is 10.3 Å². The van der Waals surface area contributed by atoms with Gasteiger partial charge < -0.3 is 10.2 Å². The molecule has 1 aliphatic heterocycles. The number of hydrogen-bond acceptors (Lipinski definition) is 4. The van der Waals surface area contributed by atoms with Crippen molar-refractivity contribution >= 4 is 23.2 Å². The molecule has 0 aliphatic carbocycles. The van der Waals surface area contributed by atoms with Crippen molar-refractivity contribution in [3.63, 3.8) is 0 Å². The van der Waals surface area contributed by atoms with Gasteiger partial charge in [0, 0.05) is 25.0 Å². The zero-order chi connectivity index (χ0) is 13.8. The largest absolute Gasteiger partial charge is 0.345 e. The van der Waals surface area contributed by atoms with E-state index in [9.17, 15) is 9.59 Å². The van der Waals surface area contributed by atoms with Gasteiger partial charge in [0.25, 0.3) is 0 Å². The molecule has 0 aromatic carbocycles. The minimum absolute atomic E-state index is 0.0184. The minimum Gasteiger partial charge on any atom is -0.345 e. The van der Waals surface area contributed by atoms with Crippen LogP contribution in [0, 0.1) is 0 Å². The fourth-order valence-electron chi connectivity index (χ4n) is 2.47. The van der Waals surface area contributed by atoms with E-state index in [1.807, 2.05) is 10.3 Å². The zero-order valence-electron chi connectivity index (χ0n) is 11.3. The standard InChI is InChI=1S/C13H19N3O2S/c1-9(15-10(2)17)13(18)16-7-4-3-5-11(16)12-14-6-8-19-12/h6,8-9,11H,3-5,7H2,1-2H3,(H,15,17)/t9-,11+/m0/s1. The highest BCUT2D eigenvalue weighted by Crippen LogP contribution is 2.32. The maximum absolute atomic E-state index is 12.4. The molecule has 0 spiro atoms. The molecule has 6 heteroatoms. The van der Waals surface area contributed by atoms with Gasteiger partial charge in [-0.1, -0.05) is 0 Å². The predicted octanol–water partition coefficient (Wildman–Crippen LogP) is 1.72. The van der Waals surface area contributed by atoms with Gasteiger partial charge in [-0.25, -0.2) is 4.98 Å². The number of likely N-dealkylation sites (tertiary alicyclic amines) is 1. The van der Waals surface area contributed by atoms with Crippen molar-refractivity contribution in [3.8, 4) is 0 Å². The first-order valence-corrected chi connectivity index (χ1v) is 7.44. The molecule has 1 aromatic heterocycles. The summed E-state index contributed by atoms with van der Waals surface area (Å²) in [5, 5.41) is 5.58. The first kappa shape index (κ1) is 14.0.